The Kier molecular flexibility index (Phi) is 3.78. The molecule has 0 unspecified atom stereocenters. The molecule has 1 fully saturated rings. The number of amides is 1. The van der Waals surface area contributed by atoms with Crippen molar-refractivity contribution in [3.05, 3.63) is 29.6 Å². The molecule has 0 saturated carbocycles. The number of carbonyl (C=O) groups is 1. The molecule has 0 radical (unpaired) electrons. The van der Waals surface area contributed by atoms with Crippen molar-refractivity contribution < 1.29 is 9.18 Å². The van der Waals surface area contributed by atoms with Crippen molar-refractivity contribution in [2.24, 2.45) is 5.41 Å². The average Bonchev–Trinajstić information content (AvgIpc) is 2.86. The van der Waals surface area contributed by atoms with E-state index in [1.165, 1.54) is 12.1 Å². The Bertz CT molecular complexity index is 483. The number of likely N-dealkylation sites (tertiary alicyclic amines) is 1. The molecule has 2 N–H and O–H groups in total. The Balaban J connectivity index is 2.20. The summed E-state index contributed by atoms with van der Waals surface area (Å²) in [6.07, 6.45) is 3.14. The zero-order valence-corrected chi connectivity index (χ0v) is 11.6. The van der Waals surface area contributed by atoms with Crippen molar-refractivity contribution >= 4 is 11.6 Å². The van der Waals surface area contributed by atoms with Gasteiger partial charge in [0.25, 0.3) is 5.91 Å². The lowest BCUT2D eigenvalue weighted by Crippen LogP contribution is -2.32. The van der Waals surface area contributed by atoms with Crippen molar-refractivity contribution in [2.45, 2.75) is 33.1 Å². The van der Waals surface area contributed by atoms with Gasteiger partial charge in [-0.15, -0.1) is 0 Å². The van der Waals surface area contributed by atoms with Gasteiger partial charge >= 0.3 is 0 Å². The second-order valence-electron chi connectivity index (χ2n) is 5.38. The van der Waals surface area contributed by atoms with Crippen LogP contribution in [0.2, 0.25) is 0 Å². The lowest BCUT2D eigenvalue weighted by atomic mass is 9.82. The van der Waals surface area contributed by atoms with Crippen LogP contribution in [0.5, 0.6) is 0 Å². The van der Waals surface area contributed by atoms with Gasteiger partial charge in [-0.25, -0.2) is 4.39 Å². The molecule has 2 rings (SSSR count). The standard InChI is InChI=1S/C15H21FN2O/c1-3-15(4-2)8-9-18(10-15)14(19)11-6-5-7-12(16)13(11)17/h5-7H,3-4,8-10,17H2,1-2H3. The van der Waals surface area contributed by atoms with Crippen molar-refractivity contribution in [1.29, 1.82) is 0 Å². The van der Waals surface area contributed by atoms with E-state index in [0.717, 1.165) is 32.4 Å². The van der Waals surface area contributed by atoms with E-state index in [2.05, 4.69) is 13.8 Å². The predicted molar refractivity (Wildman–Crippen MR) is 74.3 cm³/mol. The van der Waals surface area contributed by atoms with Gasteiger partial charge < -0.3 is 10.6 Å². The van der Waals surface area contributed by atoms with Gasteiger partial charge in [0, 0.05) is 13.1 Å². The maximum absolute atomic E-state index is 13.4. The summed E-state index contributed by atoms with van der Waals surface area (Å²) >= 11 is 0. The minimum atomic E-state index is -0.526. The largest absolute Gasteiger partial charge is 0.396 e. The lowest BCUT2D eigenvalue weighted by molar-refractivity contribution is 0.0770. The average molecular weight is 264 g/mol. The molecule has 1 amide bonds. The van der Waals surface area contributed by atoms with E-state index in [0.29, 0.717) is 0 Å². The maximum atomic E-state index is 13.4. The summed E-state index contributed by atoms with van der Waals surface area (Å²) in [7, 11) is 0. The number of nitrogen functional groups attached to an aromatic ring is 1. The van der Waals surface area contributed by atoms with E-state index in [-0.39, 0.29) is 22.6 Å². The second-order valence-corrected chi connectivity index (χ2v) is 5.38. The molecule has 1 heterocycles. The monoisotopic (exact) mass is 264 g/mol. The topological polar surface area (TPSA) is 46.3 Å². The van der Waals surface area contributed by atoms with Gasteiger partial charge in [0.15, 0.2) is 0 Å². The summed E-state index contributed by atoms with van der Waals surface area (Å²) in [5.74, 6) is -0.678. The Labute approximate surface area is 113 Å². The van der Waals surface area contributed by atoms with E-state index >= 15 is 0 Å². The SMILES string of the molecule is CCC1(CC)CCN(C(=O)c2cccc(F)c2N)C1. The normalized spacial score (nSPS) is 17.7. The van der Waals surface area contributed by atoms with Crippen LogP contribution in [0, 0.1) is 11.2 Å². The van der Waals surface area contributed by atoms with Crippen LogP contribution in [0.1, 0.15) is 43.5 Å². The lowest BCUT2D eigenvalue weighted by Gasteiger charge is -2.26. The number of nitrogens with two attached hydrogens (primary N) is 1. The summed E-state index contributed by atoms with van der Waals surface area (Å²) < 4.78 is 13.4. The Morgan fingerprint density at radius 1 is 1.42 bits per heavy atom. The molecule has 19 heavy (non-hydrogen) atoms. The summed E-state index contributed by atoms with van der Waals surface area (Å²) in [6.45, 7) is 5.80. The van der Waals surface area contributed by atoms with Gasteiger partial charge in [0.05, 0.1) is 11.3 Å². The van der Waals surface area contributed by atoms with Crippen LogP contribution in [0.25, 0.3) is 0 Å². The van der Waals surface area contributed by atoms with Crippen LogP contribution in [0.4, 0.5) is 10.1 Å². The summed E-state index contributed by atoms with van der Waals surface area (Å²) in [4.78, 5) is 14.2. The molecule has 1 aromatic rings. The number of carbonyl (C=O) groups excluding carboxylic acids is 1. The Hall–Kier alpha value is -1.58. The molecule has 1 saturated heterocycles. The molecule has 0 spiro atoms. The molecule has 3 nitrogen and oxygen atoms in total. The highest BCUT2D eigenvalue weighted by molar-refractivity contribution is 5.99. The van der Waals surface area contributed by atoms with Gasteiger partial charge in [-0.2, -0.15) is 0 Å². The number of benzene rings is 1. The Morgan fingerprint density at radius 2 is 2.11 bits per heavy atom. The van der Waals surface area contributed by atoms with Gasteiger partial charge in [-0.05, 0) is 36.8 Å². The first-order valence-corrected chi connectivity index (χ1v) is 6.86. The van der Waals surface area contributed by atoms with Crippen LogP contribution in [0.15, 0.2) is 18.2 Å². The number of hydrogen-bond acceptors (Lipinski definition) is 2. The fraction of sp³-hybridized carbons (Fsp3) is 0.533. The molecule has 4 heteroatoms. The van der Waals surface area contributed by atoms with Crippen molar-refractivity contribution in [2.75, 3.05) is 18.8 Å². The third kappa shape index (κ3) is 2.44. The first kappa shape index (κ1) is 13.8. The van der Waals surface area contributed by atoms with E-state index in [1.54, 1.807) is 11.0 Å². The Morgan fingerprint density at radius 3 is 2.68 bits per heavy atom. The number of anilines is 1. The number of hydrogen-bond donors (Lipinski definition) is 1. The molecule has 1 aliphatic rings. The zero-order valence-electron chi connectivity index (χ0n) is 11.6. The number of nitrogens with zero attached hydrogens (tertiary/aromatic N) is 1. The summed E-state index contributed by atoms with van der Waals surface area (Å²) in [6, 6.07) is 4.40. The van der Waals surface area contributed by atoms with E-state index in [1.807, 2.05) is 0 Å². The molecule has 0 bridgehead atoms. The van der Waals surface area contributed by atoms with Gasteiger partial charge in [-0.1, -0.05) is 19.9 Å². The molecular weight excluding hydrogens is 243 g/mol. The highest BCUT2D eigenvalue weighted by Gasteiger charge is 2.37. The first-order valence-electron chi connectivity index (χ1n) is 6.86. The minimum Gasteiger partial charge on any atom is -0.396 e. The fourth-order valence-corrected chi connectivity index (χ4v) is 2.83. The molecule has 1 aliphatic heterocycles. The molecule has 104 valence electrons. The predicted octanol–water partition coefficient (Wildman–Crippen LogP) is 3.06. The quantitative estimate of drug-likeness (QED) is 0.853. The van der Waals surface area contributed by atoms with Crippen molar-refractivity contribution in [3.8, 4) is 0 Å². The molecule has 1 aromatic carbocycles. The molecule has 0 aromatic heterocycles. The van der Waals surface area contributed by atoms with E-state index < -0.39 is 5.82 Å². The smallest absolute Gasteiger partial charge is 0.256 e. The highest BCUT2D eigenvalue weighted by Crippen LogP contribution is 2.37. The van der Waals surface area contributed by atoms with Crippen LogP contribution in [-0.4, -0.2) is 23.9 Å². The van der Waals surface area contributed by atoms with Crippen LogP contribution < -0.4 is 5.73 Å². The van der Waals surface area contributed by atoms with Gasteiger partial charge in [-0.3, -0.25) is 4.79 Å². The maximum Gasteiger partial charge on any atom is 0.256 e. The first-order chi connectivity index (χ1) is 9.03. The molecular formula is C15H21FN2O. The van der Waals surface area contributed by atoms with Crippen LogP contribution in [-0.2, 0) is 0 Å². The van der Waals surface area contributed by atoms with E-state index in [9.17, 15) is 9.18 Å². The fourth-order valence-electron chi connectivity index (χ4n) is 2.83. The van der Waals surface area contributed by atoms with Crippen molar-refractivity contribution in [1.82, 2.24) is 4.90 Å². The highest BCUT2D eigenvalue weighted by atomic mass is 19.1. The summed E-state index contributed by atoms with van der Waals surface area (Å²) in [5, 5.41) is 0. The van der Waals surface area contributed by atoms with Gasteiger partial charge in [0.2, 0.25) is 0 Å². The zero-order chi connectivity index (χ0) is 14.0. The number of halogens is 1. The minimum absolute atomic E-state index is 0.0435. The van der Waals surface area contributed by atoms with Crippen LogP contribution in [0.3, 0.4) is 0 Å². The molecule has 0 atom stereocenters. The number of para-hydroxylation sites is 1. The third-order valence-corrected chi connectivity index (χ3v) is 4.51. The number of rotatable bonds is 3. The van der Waals surface area contributed by atoms with Gasteiger partial charge in [0.1, 0.15) is 5.82 Å². The van der Waals surface area contributed by atoms with Crippen molar-refractivity contribution in [3.63, 3.8) is 0 Å². The third-order valence-electron chi connectivity index (χ3n) is 4.51. The summed E-state index contributed by atoms with van der Waals surface area (Å²) in [5.41, 5.74) is 6.12. The second kappa shape index (κ2) is 5.19. The van der Waals surface area contributed by atoms with Crippen LogP contribution >= 0.6 is 0 Å². The van der Waals surface area contributed by atoms with E-state index in [4.69, 9.17) is 5.73 Å². The molecule has 0 aliphatic carbocycles.